The van der Waals surface area contributed by atoms with E-state index < -0.39 is 0 Å². The van der Waals surface area contributed by atoms with Gasteiger partial charge >= 0.3 is 0 Å². The SMILES string of the molecule is Clc1c[nH]c(CNC2CC2)c1. The van der Waals surface area contributed by atoms with Crippen molar-refractivity contribution in [2.24, 2.45) is 0 Å². The summed E-state index contributed by atoms with van der Waals surface area (Å²) in [5, 5.41) is 4.19. The lowest BCUT2D eigenvalue weighted by Crippen LogP contribution is -2.15. The van der Waals surface area contributed by atoms with E-state index >= 15 is 0 Å². The molecule has 1 fully saturated rings. The summed E-state index contributed by atoms with van der Waals surface area (Å²) >= 11 is 5.73. The van der Waals surface area contributed by atoms with Gasteiger partial charge in [-0.3, -0.25) is 0 Å². The van der Waals surface area contributed by atoms with Crippen LogP contribution in [0.4, 0.5) is 0 Å². The lowest BCUT2D eigenvalue weighted by molar-refractivity contribution is 0.677. The molecule has 1 aromatic heterocycles. The summed E-state index contributed by atoms with van der Waals surface area (Å²) in [7, 11) is 0. The van der Waals surface area contributed by atoms with Crippen LogP contribution in [0.3, 0.4) is 0 Å². The van der Waals surface area contributed by atoms with E-state index in [1.54, 1.807) is 0 Å². The van der Waals surface area contributed by atoms with Gasteiger partial charge in [0, 0.05) is 24.5 Å². The second kappa shape index (κ2) is 2.88. The first kappa shape index (κ1) is 7.19. The standard InChI is InChI=1S/C8H11ClN2/c9-6-3-8(10-4-6)5-11-7-1-2-7/h3-4,7,10-11H,1-2,5H2. The molecule has 1 aliphatic carbocycles. The molecule has 1 saturated carbocycles. The van der Waals surface area contributed by atoms with Gasteiger partial charge in [0.1, 0.15) is 0 Å². The largest absolute Gasteiger partial charge is 0.363 e. The van der Waals surface area contributed by atoms with Gasteiger partial charge in [-0.1, -0.05) is 11.6 Å². The van der Waals surface area contributed by atoms with Crippen molar-refractivity contribution in [1.29, 1.82) is 0 Å². The average molecular weight is 171 g/mol. The molecule has 0 amide bonds. The third-order valence-corrected chi connectivity index (χ3v) is 2.08. The van der Waals surface area contributed by atoms with Crippen molar-refractivity contribution in [2.45, 2.75) is 25.4 Å². The quantitative estimate of drug-likeness (QED) is 0.713. The summed E-state index contributed by atoms with van der Waals surface area (Å²) in [6, 6.07) is 2.72. The van der Waals surface area contributed by atoms with Crippen molar-refractivity contribution >= 4 is 11.6 Å². The van der Waals surface area contributed by atoms with Crippen molar-refractivity contribution in [3.63, 3.8) is 0 Å². The van der Waals surface area contributed by atoms with Gasteiger partial charge < -0.3 is 10.3 Å². The number of nitrogens with one attached hydrogen (secondary N) is 2. The lowest BCUT2D eigenvalue weighted by atomic mass is 10.4. The Morgan fingerprint density at radius 3 is 3.00 bits per heavy atom. The van der Waals surface area contributed by atoms with Crippen LogP contribution in [0.25, 0.3) is 0 Å². The highest BCUT2D eigenvalue weighted by atomic mass is 35.5. The van der Waals surface area contributed by atoms with E-state index in [0.717, 1.165) is 17.6 Å². The summed E-state index contributed by atoms with van der Waals surface area (Å²) < 4.78 is 0. The minimum atomic E-state index is 0.761. The van der Waals surface area contributed by atoms with Gasteiger partial charge in [-0.25, -0.2) is 0 Å². The zero-order valence-electron chi connectivity index (χ0n) is 6.23. The van der Waals surface area contributed by atoms with E-state index in [9.17, 15) is 0 Å². The van der Waals surface area contributed by atoms with Crippen LogP contribution >= 0.6 is 11.6 Å². The summed E-state index contributed by atoms with van der Waals surface area (Å²) in [6.07, 6.45) is 4.47. The zero-order chi connectivity index (χ0) is 7.68. The average Bonchev–Trinajstić information content (AvgIpc) is 2.72. The van der Waals surface area contributed by atoms with Gasteiger partial charge in [-0.2, -0.15) is 0 Å². The maximum absolute atomic E-state index is 5.73. The first-order valence-corrected chi connectivity index (χ1v) is 4.28. The second-order valence-electron chi connectivity index (χ2n) is 3.00. The molecule has 0 atom stereocenters. The highest BCUT2D eigenvalue weighted by molar-refractivity contribution is 6.30. The predicted octanol–water partition coefficient (Wildman–Crippen LogP) is 1.92. The first-order chi connectivity index (χ1) is 5.34. The molecule has 0 saturated heterocycles. The van der Waals surface area contributed by atoms with Gasteiger partial charge in [0.2, 0.25) is 0 Å². The van der Waals surface area contributed by atoms with Gasteiger partial charge in [0.25, 0.3) is 0 Å². The molecule has 2 rings (SSSR count). The number of aromatic nitrogens is 1. The molecule has 0 aromatic carbocycles. The highest BCUT2D eigenvalue weighted by Crippen LogP contribution is 2.19. The Kier molecular flexibility index (Phi) is 1.88. The van der Waals surface area contributed by atoms with Crippen molar-refractivity contribution in [3.8, 4) is 0 Å². The van der Waals surface area contributed by atoms with Gasteiger partial charge in [-0.15, -0.1) is 0 Å². The Balaban J connectivity index is 1.85. The normalized spacial score (nSPS) is 17.2. The number of H-pyrrole nitrogens is 1. The molecule has 0 radical (unpaired) electrons. The number of rotatable bonds is 3. The Morgan fingerprint density at radius 1 is 1.64 bits per heavy atom. The Labute approximate surface area is 70.9 Å². The molecule has 11 heavy (non-hydrogen) atoms. The summed E-state index contributed by atoms with van der Waals surface area (Å²) in [5.74, 6) is 0. The minimum absolute atomic E-state index is 0.761. The van der Waals surface area contributed by atoms with Crippen LogP contribution in [0.2, 0.25) is 5.02 Å². The van der Waals surface area contributed by atoms with Gasteiger partial charge in [-0.05, 0) is 18.9 Å². The van der Waals surface area contributed by atoms with E-state index in [0.29, 0.717) is 0 Å². The van der Waals surface area contributed by atoms with Crippen LogP contribution in [0, 0.1) is 0 Å². The molecule has 0 bridgehead atoms. The minimum Gasteiger partial charge on any atom is -0.363 e. The molecule has 3 heteroatoms. The van der Waals surface area contributed by atoms with E-state index in [2.05, 4.69) is 10.3 Å². The molecule has 1 aliphatic rings. The molecule has 0 unspecified atom stereocenters. The summed E-state index contributed by atoms with van der Waals surface area (Å²) in [5.41, 5.74) is 1.17. The Bertz CT molecular complexity index is 240. The van der Waals surface area contributed by atoms with E-state index in [1.807, 2.05) is 12.3 Å². The molecule has 0 aliphatic heterocycles. The fraction of sp³-hybridized carbons (Fsp3) is 0.500. The van der Waals surface area contributed by atoms with Crippen LogP contribution in [-0.2, 0) is 6.54 Å². The third-order valence-electron chi connectivity index (χ3n) is 1.87. The van der Waals surface area contributed by atoms with E-state index in [-0.39, 0.29) is 0 Å². The number of aromatic amines is 1. The highest BCUT2D eigenvalue weighted by Gasteiger charge is 2.19. The van der Waals surface area contributed by atoms with Crippen LogP contribution in [0.15, 0.2) is 12.3 Å². The Hall–Kier alpha value is -0.470. The number of hydrogen-bond acceptors (Lipinski definition) is 1. The molecular formula is C8H11ClN2. The fourth-order valence-corrected chi connectivity index (χ4v) is 1.24. The van der Waals surface area contributed by atoms with Crippen molar-refractivity contribution in [3.05, 3.63) is 23.0 Å². The number of hydrogen-bond donors (Lipinski definition) is 2. The Morgan fingerprint density at radius 2 is 2.45 bits per heavy atom. The molecule has 1 aromatic rings. The van der Waals surface area contributed by atoms with Crippen LogP contribution in [0.5, 0.6) is 0 Å². The molecule has 0 spiro atoms. The summed E-state index contributed by atoms with van der Waals surface area (Å²) in [6.45, 7) is 0.914. The molecule has 2 N–H and O–H groups in total. The van der Waals surface area contributed by atoms with Gasteiger partial charge in [0.05, 0.1) is 5.02 Å². The van der Waals surface area contributed by atoms with E-state index in [4.69, 9.17) is 11.6 Å². The van der Waals surface area contributed by atoms with Crippen LogP contribution in [-0.4, -0.2) is 11.0 Å². The molecular weight excluding hydrogens is 160 g/mol. The van der Waals surface area contributed by atoms with Crippen molar-refractivity contribution in [2.75, 3.05) is 0 Å². The smallest absolute Gasteiger partial charge is 0.0583 e. The topological polar surface area (TPSA) is 27.8 Å². The third kappa shape index (κ3) is 1.98. The molecule has 60 valence electrons. The van der Waals surface area contributed by atoms with Crippen molar-refractivity contribution < 1.29 is 0 Å². The second-order valence-corrected chi connectivity index (χ2v) is 3.43. The summed E-state index contributed by atoms with van der Waals surface area (Å²) in [4.78, 5) is 3.09. The molecule has 2 nitrogen and oxygen atoms in total. The van der Waals surface area contributed by atoms with Crippen LogP contribution in [0.1, 0.15) is 18.5 Å². The van der Waals surface area contributed by atoms with E-state index in [1.165, 1.54) is 18.5 Å². The van der Waals surface area contributed by atoms with Gasteiger partial charge in [0.15, 0.2) is 0 Å². The zero-order valence-corrected chi connectivity index (χ0v) is 6.99. The molecule has 1 heterocycles. The first-order valence-electron chi connectivity index (χ1n) is 3.91. The van der Waals surface area contributed by atoms with Crippen LogP contribution < -0.4 is 5.32 Å². The lowest BCUT2D eigenvalue weighted by Gasteiger charge is -1.97. The monoisotopic (exact) mass is 170 g/mol. The number of halogens is 1. The maximum atomic E-state index is 5.73. The van der Waals surface area contributed by atoms with Crippen molar-refractivity contribution in [1.82, 2.24) is 10.3 Å². The maximum Gasteiger partial charge on any atom is 0.0583 e. The predicted molar refractivity (Wildman–Crippen MR) is 45.7 cm³/mol. The fourth-order valence-electron chi connectivity index (χ4n) is 1.06.